The fraction of sp³-hybridized carbons (Fsp3) is 0.467. The number of thioether (sulfide) groups is 1. The normalized spacial score (nSPS) is 15.8. The molecule has 114 valence electrons. The topological polar surface area (TPSA) is 75.4 Å². The SMILES string of the molecule is NCSC[C@H](NC(=O)c1ccccc1)C(=O)N1CCCC1. The Morgan fingerprint density at radius 3 is 2.52 bits per heavy atom. The third-order valence-electron chi connectivity index (χ3n) is 3.46. The van der Waals surface area contributed by atoms with Gasteiger partial charge in [-0.15, -0.1) is 11.8 Å². The van der Waals surface area contributed by atoms with Gasteiger partial charge in [0.25, 0.3) is 5.91 Å². The predicted octanol–water partition coefficient (Wildman–Crippen LogP) is 1.06. The molecular formula is C15H21N3O2S. The van der Waals surface area contributed by atoms with Gasteiger partial charge >= 0.3 is 0 Å². The zero-order chi connectivity index (χ0) is 15.1. The van der Waals surface area contributed by atoms with Gasteiger partial charge in [-0.3, -0.25) is 9.59 Å². The van der Waals surface area contributed by atoms with Gasteiger partial charge in [-0.1, -0.05) is 18.2 Å². The van der Waals surface area contributed by atoms with Crippen LogP contribution in [0.2, 0.25) is 0 Å². The summed E-state index contributed by atoms with van der Waals surface area (Å²) in [5, 5.41) is 2.84. The number of nitrogens with zero attached hydrogens (tertiary/aromatic N) is 1. The second-order valence-electron chi connectivity index (χ2n) is 4.96. The monoisotopic (exact) mass is 307 g/mol. The first-order valence-electron chi connectivity index (χ1n) is 7.15. The summed E-state index contributed by atoms with van der Waals surface area (Å²) in [7, 11) is 0. The first kappa shape index (κ1) is 15.9. The molecule has 1 aromatic carbocycles. The number of carbonyl (C=O) groups is 2. The molecule has 1 aliphatic heterocycles. The van der Waals surface area contributed by atoms with Crippen molar-refractivity contribution < 1.29 is 9.59 Å². The highest BCUT2D eigenvalue weighted by Gasteiger charge is 2.27. The van der Waals surface area contributed by atoms with E-state index in [9.17, 15) is 9.59 Å². The minimum Gasteiger partial charge on any atom is -0.341 e. The van der Waals surface area contributed by atoms with Crippen LogP contribution in [0.1, 0.15) is 23.2 Å². The Labute approximate surface area is 129 Å². The first-order chi connectivity index (χ1) is 10.2. The summed E-state index contributed by atoms with van der Waals surface area (Å²) >= 11 is 1.46. The molecule has 3 N–H and O–H groups in total. The molecule has 6 heteroatoms. The largest absolute Gasteiger partial charge is 0.341 e. The Morgan fingerprint density at radius 1 is 1.24 bits per heavy atom. The van der Waals surface area contributed by atoms with Gasteiger partial charge in [0, 0.05) is 30.3 Å². The average Bonchev–Trinajstić information content (AvgIpc) is 3.05. The molecule has 1 heterocycles. The van der Waals surface area contributed by atoms with Gasteiger partial charge in [-0.05, 0) is 25.0 Å². The lowest BCUT2D eigenvalue weighted by atomic mass is 10.2. The molecule has 1 aromatic rings. The number of benzene rings is 1. The van der Waals surface area contributed by atoms with Gasteiger partial charge in [0.1, 0.15) is 6.04 Å². The highest BCUT2D eigenvalue weighted by atomic mass is 32.2. The summed E-state index contributed by atoms with van der Waals surface area (Å²) in [6.07, 6.45) is 2.07. The predicted molar refractivity (Wildman–Crippen MR) is 85.0 cm³/mol. The van der Waals surface area contributed by atoms with Gasteiger partial charge < -0.3 is 16.0 Å². The summed E-state index contributed by atoms with van der Waals surface area (Å²) in [5.41, 5.74) is 6.06. The Balaban J connectivity index is 2.01. The van der Waals surface area contributed by atoms with Crippen molar-refractivity contribution in [2.45, 2.75) is 18.9 Å². The van der Waals surface area contributed by atoms with Crippen LogP contribution < -0.4 is 11.1 Å². The highest BCUT2D eigenvalue weighted by molar-refractivity contribution is 7.99. The summed E-state index contributed by atoms with van der Waals surface area (Å²) in [6.45, 7) is 1.56. The number of hydrogen-bond donors (Lipinski definition) is 2. The lowest BCUT2D eigenvalue weighted by molar-refractivity contribution is -0.131. The second kappa shape index (κ2) is 8.05. The Hall–Kier alpha value is -1.53. The number of nitrogens with two attached hydrogens (primary N) is 1. The minimum atomic E-state index is -0.510. The number of likely N-dealkylation sites (tertiary alicyclic amines) is 1. The van der Waals surface area contributed by atoms with E-state index >= 15 is 0 Å². The maximum absolute atomic E-state index is 12.5. The van der Waals surface area contributed by atoms with Gasteiger partial charge in [0.05, 0.1) is 0 Å². The smallest absolute Gasteiger partial charge is 0.251 e. The van der Waals surface area contributed by atoms with E-state index in [2.05, 4.69) is 5.32 Å². The number of hydrogen-bond acceptors (Lipinski definition) is 4. The Bertz CT molecular complexity index is 475. The molecule has 5 nitrogen and oxygen atoms in total. The van der Waals surface area contributed by atoms with Crippen molar-refractivity contribution in [2.75, 3.05) is 24.7 Å². The maximum Gasteiger partial charge on any atom is 0.251 e. The van der Waals surface area contributed by atoms with Crippen molar-refractivity contribution in [3.8, 4) is 0 Å². The van der Waals surface area contributed by atoms with Crippen LogP contribution in [0, 0.1) is 0 Å². The first-order valence-corrected chi connectivity index (χ1v) is 8.30. The van der Waals surface area contributed by atoms with Crippen molar-refractivity contribution in [1.29, 1.82) is 0 Å². The summed E-state index contributed by atoms with van der Waals surface area (Å²) in [4.78, 5) is 26.5. The third kappa shape index (κ3) is 4.47. The number of rotatable bonds is 6. The van der Waals surface area contributed by atoms with Crippen LogP contribution in [0.15, 0.2) is 30.3 Å². The fourth-order valence-electron chi connectivity index (χ4n) is 2.35. The molecule has 0 saturated carbocycles. The molecule has 0 unspecified atom stereocenters. The van der Waals surface area contributed by atoms with Gasteiger partial charge in [-0.2, -0.15) is 0 Å². The molecular weight excluding hydrogens is 286 g/mol. The van der Waals surface area contributed by atoms with Crippen molar-refractivity contribution in [3.05, 3.63) is 35.9 Å². The van der Waals surface area contributed by atoms with Crippen molar-refractivity contribution >= 4 is 23.6 Å². The van der Waals surface area contributed by atoms with Crippen molar-refractivity contribution in [1.82, 2.24) is 10.2 Å². The molecule has 2 rings (SSSR count). The van der Waals surface area contributed by atoms with E-state index in [4.69, 9.17) is 5.73 Å². The number of carbonyl (C=O) groups excluding carboxylic acids is 2. The average molecular weight is 307 g/mol. The van der Waals surface area contributed by atoms with Crippen LogP contribution in [-0.4, -0.2) is 47.5 Å². The lowest BCUT2D eigenvalue weighted by Crippen LogP contribution is -2.49. The van der Waals surface area contributed by atoms with Gasteiger partial charge in [0.2, 0.25) is 5.91 Å². The molecule has 1 fully saturated rings. The molecule has 1 atom stereocenters. The van der Waals surface area contributed by atoms with E-state index < -0.39 is 6.04 Å². The molecule has 0 radical (unpaired) electrons. The Morgan fingerprint density at radius 2 is 1.90 bits per heavy atom. The molecule has 1 saturated heterocycles. The standard InChI is InChI=1S/C15H21N3O2S/c16-11-21-10-13(15(20)18-8-4-5-9-18)17-14(19)12-6-2-1-3-7-12/h1-3,6-7,13H,4-5,8-11,16H2,(H,17,19)/t13-/m0/s1. The van der Waals surface area contributed by atoms with E-state index in [0.717, 1.165) is 25.9 Å². The van der Waals surface area contributed by atoms with Crippen LogP contribution in [-0.2, 0) is 4.79 Å². The summed E-state index contributed by atoms with van der Waals surface area (Å²) < 4.78 is 0. The molecule has 0 aliphatic carbocycles. The molecule has 0 spiro atoms. The van der Waals surface area contributed by atoms with Crippen molar-refractivity contribution in [3.63, 3.8) is 0 Å². The van der Waals surface area contributed by atoms with Crippen LogP contribution in [0.3, 0.4) is 0 Å². The molecule has 0 aromatic heterocycles. The quantitative estimate of drug-likeness (QED) is 0.771. The number of nitrogens with one attached hydrogen (secondary N) is 1. The van der Waals surface area contributed by atoms with E-state index in [1.54, 1.807) is 24.3 Å². The van der Waals surface area contributed by atoms with E-state index in [1.165, 1.54) is 11.8 Å². The van der Waals surface area contributed by atoms with Crippen LogP contribution in [0.25, 0.3) is 0 Å². The van der Waals surface area contributed by atoms with E-state index in [0.29, 0.717) is 17.2 Å². The van der Waals surface area contributed by atoms with Crippen LogP contribution in [0.5, 0.6) is 0 Å². The van der Waals surface area contributed by atoms with Crippen molar-refractivity contribution in [2.24, 2.45) is 5.73 Å². The van der Waals surface area contributed by atoms with Crippen LogP contribution in [0.4, 0.5) is 0 Å². The zero-order valence-electron chi connectivity index (χ0n) is 12.0. The molecule has 2 amide bonds. The van der Waals surface area contributed by atoms with E-state index in [-0.39, 0.29) is 11.8 Å². The summed E-state index contributed by atoms with van der Waals surface area (Å²) in [6, 6.07) is 8.44. The molecule has 0 bridgehead atoms. The molecule has 21 heavy (non-hydrogen) atoms. The van der Waals surface area contributed by atoms with E-state index in [1.807, 2.05) is 11.0 Å². The lowest BCUT2D eigenvalue weighted by Gasteiger charge is -2.23. The summed E-state index contributed by atoms with van der Waals surface area (Å²) in [5.74, 6) is 0.721. The Kier molecular flexibility index (Phi) is 6.07. The minimum absolute atomic E-state index is 0.00210. The number of amides is 2. The fourth-order valence-corrected chi connectivity index (χ4v) is 2.95. The highest BCUT2D eigenvalue weighted by Crippen LogP contribution is 2.12. The zero-order valence-corrected chi connectivity index (χ0v) is 12.8. The maximum atomic E-state index is 12.5. The second-order valence-corrected chi connectivity index (χ2v) is 6.04. The van der Waals surface area contributed by atoms with Gasteiger partial charge in [-0.25, -0.2) is 0 Å². The van der Waals surface area contributed by atoms with Crippen LogP contribution >= 0.6 is 11.8 Å². The molecule has 1 aliphatic rings. The third-order valence-corrected chi connectivity index (χ3v) is 4.26. The van der Waals surface area contributed by atoms with Gasteiger partial charge in [0.15, 0.2) is 0 Å².